The number of hydrogen-bond donors (Lipinski definition) is 0. The van der Waals surface area contributed by atoms with Gasteiger partial charge in [0.2, 0.25) is 5.11 Å². The summed E-state index contributed by atoms with van der Waals surface area (Å²) < 4.78 is 5.96. The Labute approximate surface area is 129 Å². The lowest BCUT2D eigenvalue weighted by atomic mass is 10.2. The first-order chi connectivity index (χ1) is 9.52. The summed E-state index contributed by atoms with van der Waals surface area (Å²) >= 11 is 11.1. The molecule has 0 fully saturated rings. The molecule has 0 saturated heterocycles. The predicted molar refractivity (Wildman–Crippen MR) is 84.4 cm³/mol. The second-order valence-electron chi connectivity index (χ2n) is 4.59. The van der Waals surface area contributed by atoms with Crippen molar-refractivity contribution in [1.82, 2.24) is 4.90 Å². The van der Waals surface area contributed by atoms with Crippen LogP contribution in [0.2, 0.25) is 5.02 Å². The van der Waals surface area contributed by atoms with Crippen molar-refractivity contribution in [3.63, 3.8) is 0 Å². The molecule has 1 heterocycles. The lowest BCUT2D eigenvalue weighted by Crippen LogP contribution is -2.42. The molecule has 1 aromatic rings. The molecule has 1 aliphatic heterocycles. The van der Waals surface area contributed by atoms with Gasteiger partial charge in [-0.05, 0) is 49.8 Å². The van der Waals surface area contributed by atoms with Crippen molar-refractivity contribution in [2.75, 3.05) is 6.54 Å². The highest BCUT2D eigenvalue weighted by Crippen LogP contribution is 2.26. The van der Waals surface area contributed by atoms with Gasteiger partial charge in [0.15, 0.2) is 6.17 Å². The molecule has 0 saturated carbocycles. The van der Waals surface area contributed by atoms with Crippen LogP contribution in [0, 0.1) is 6.92 Å². The summed E-state index contributed by atoms with van der Waals surface area (Å²) in [5.74, 6) is 0.786. The van der Waals surface area contributed by atoms with Gasteiger partial charge in [0, 0.05) is 11.6 Å². The van der Waals surface area contributed by atoms with E-state index in [1.165, 1.54) is 0 Å². The van der Waals surface area contributed by atoms with E-state index in [0.717, 1.165) is 11.3 Å². The van der Waals surface area contributed by atoms with E-state index in [-0.39, 0.29) is 12.3 Å². The first-order valence-corrected chi connectivity index (χ1v) is 7.06. The van der Waals surface area contributed by atoms with E-state index in [1.54, 1.807) is 12.1 Å². The smallest absolute Gasteiger partial charge is 0.218 e. The van der Waals surface area contributed by atoms with Gasteiger partial charge in [-0.1, -0.05) is 17.7 Å². The van der Waals surface area contributed by atoms with Gasteiger partial charge < -0.3 is 9.64 Å². The molecule has 0 amide bonds. The summed E-state index contributed by atoms with van der Waals surface area (Å²) in [6.07, 6.45) is 1.37. The molecule has 0 N–H and O–H groups in total. The first-order valence-electron chi connectivity index (χ1n) is 6.28. The molecule has 0 aliphatic carbocycles. The molecule has 20 heavy (non-hydrogen) atoms. The molecular weight excluding hydrogens is 294 g/mol. The third-order valence-corrected chi connectivity index (χ3v) is 3.57. The van der Waals surface area contributed by atoms with Crippen molar-refractivity contribution in [3.05, 3.63) is 41.4 Å². The van der Waals surface area contributed by atoms with E-state index in [9.17, 15) is 0 Å². The minimum absolute atomic E-state index is 0.181. The number of nitrogens with zero attached hydrogens (tertiary/aromatic N) is 3. The van der Waals surface area contributed by atoms with Crippen molar-refractivity contribution in [3.8, 4) is 5.75 Å². The predicted octanol–water partition coefficient (Wildman–Crippen LogP) is 3.98. The van der Waals surface area contributed by atoms with Gasteiger partial charge in [-0.15, -0.1) is 11.7 Å². The normalized spacial score (nSPS) is 19.2. The van der Waals surface area contributed by atoms with Gasteiger partial charge in [-0.25, -0.2) is 0 Å². The van der Waals surface area contributed by atoms with E-state index in [1.807, 2.05) is 30.9 Å². The van der Waals surface area contributed by atoms with Crippen LogP contribution >= 0.6 is 23.8 Å². The van der Waals surface area contributed by atoms with Crippen LogP contribution in [0.5, 0.6) is 5.75 Å². The fourth-order valence-corrected chi connectivity index (χ4v) is 2.48. The Bertz CT molecular complexity index is 561. The Balaban J connectivity index is 2.11. The number of halogens is 1. The van der Waals surface area contributed by atoms with Gasteiger partial charge in [0.1, 0.15) is 11.9 Å². The molecule has 4 nitrogen and oxygen atoms in total. The van der Waals surface area contributed by atoms with Crippen LogP contribution in [0.3, 0.4) is 0 Å². The molecule has 106 valence electrons. The van der Waals surface area contributed by atoms with Gasteiger partial charge in [-0.3, -0.25) is 0 Å². The maximum absolute atomic E-state index is 5.96. The summed E-state index contributed by atoms with van der Waals surface area (Å²) in [5.41, 5.74) is 0.983. The summed E-state index contributed by atoms with van der Waals surface area (Å²) in [7, 11) is 0. The maximum atomic E-state index is 5.96. The summed E-state index contributed by atoms with van der Waals surface area (Å²) in [5, 5.41) is 9.28. The number of benzene rings is 1. The monoisotopic (exact) mass is 309 g/mol. The zero-order chi connectivity index (χ0) is 14.7. The molecular formula is C14H16ClN3OS. The number of ether oxygens (including phenoxy) is 1. The van der Waals surface area contributed by atoms with Crippen LogP contribution in [-0.4, -0.2) is 28.8 Å². The molecule has 2 atom stereocenters. The third-order valence-electron chi connectivity index (χ3n) is 3.02. The molecule has 2 unspecified atom stereocenters. The first kappa shape index (κ1) is 14.9. The number of thiocarbonyl (C=S) groups is 1. The van der Waals surface area contributed by atoms with E-state index in [0.29, 0.717) is 16.7 Å². The Kier molecular flexibility index (Phi) is 4.73. The van der Waals surface area contributed by atoms with E-state index >= 15 is 0 Å². The van der Waals surface area contributed by atoms with Crippen LogP contribution in [0.15, 0.2) is 41.1 Å². The molecule has 0 spiro atoms. The van der Waals surface area contributed by atoms with Crippen molar-refractivity contribution in [2.45, 2.75) is 26.1 Å². The van der Waals surface area contributed by atoms with Gasteiger partial charge in [0.05, 0.1) is 0 Å². The van der Waals surface area contributed by atoms with E-state index < -0.39 is 0 Å². The lowest BCUT2D eigenvalue weighted by molar-refractivity contribution is 0.135. The van der Waals surface area contributed by atoms with E-state index in [2.05, 4.69) is 16.8 Å². The largest absolute Gasteiger partial charge is 0.486 e. The Hall–Kier alpha value is -1.46. The summed E-state index contributed by atoms with van der Waals surface area (Å²) in [6, 6.07) is 5.53. The second-order valence-corrected chi connectivity index (χ2v) is 5.39. The Morgan fingerprint density at radius 3 is 3.00 bits per heavy atom. The number of aryl methyl sites for hydroxylation is 1. The van der Waals surface area contributed by atoms with Gasteiger partial charge in [-0.2, -0.15) is 5.11 Å². The zero-order valence-electron chi connectivity index (χ0n) is 11.4. The topological polar surface area (TPSA) is 37.2 Å². The third kappa shape index (κ3) is 3.16. The second kappa shape index (κ2) is 6.33. The molecule has 6 heteroatoms. The zero-order valence-corrected chi connectivity index (χ0v) is 13.0. The molecule has 0 aromatic heterocycles. The number of rotatable bonds is 5. The van der Waals surface area contributed by atoms with Gasteiger partial charge >= 0.3 is 0 Å². The minimum Gasteiger partial charge on any atom is -0.486 e. The molecule has 1 aliphatic rings. The molecule has 0 bridgehead atoms. The maximum Gasteiger partial charge on any atom is 0.218 e. The fourth-order valence-electron chi connectivity index (χ4n) is 2.02. The summed E-state index contributed by atoms with van der Waals surface area (Å²) in [4.78, 5) is 1.89. The number of azo groups is 1. The van der Waals surface area contributed by atoms with Crippen LogP contribution < -0.4 is 4.74 Å². The summed E-state index contributed by atoms with van der Waals surface area (Å²) in [6.45, 7) is 8.22. The Morgan fingerprint density at radius 1 is 1.60 bits per heavy atom. The molecule has 2 rings (SSSR count). The highest BCUT2D eigenvalue weighted by Gasteiger charge is 2.31. The van der Waals surface area contributed by atoms with Crippen LogP contribution in [0.1, 0.15) is 12.5 Å². The Morgan fingerprint density at radius 2 is 2.35 bits per heavy atom. The van der Waals surface area contributed by atoms with E-state index in [4.69, 9.17) is 28.6 Å². The van der Waals surface area contributed by atoms with Crippen molar-refractivity contribution >= 4 is 28.9 Å². The fraction of sp³-hybridized carbons (Fsp3) is 0.357. The molecule has 1 aromatic carbocycles. The lowest BCUT2D eigenvalue weighted by Gasteiger charge is -2.27. The highest BCUT2D eigenvalue weighted by atomic mass is 35.5. The van der Waals surface area contributed by atoms with Crippen molar-refractivity contribution in [1.29, 1.82) is 0 Å². The average molecular weight is 310 g/mol. The minimum atomic E-state index is -0.226. The van der Waals surface area contributed by atoms with Crippen LogP contribution in [-0.2, 0) is 0 Å². The quantitative estimate of drug-likeness (QED) is 0.610. The average Bonchev–Trinajstić information content (AvgIpc) is 2.75. The number of hydrogen-bond acceptors (Lipinski definition) is 3. The standard InChI is InChI=1S/C14H16ClN3OS/c1-4-7-18-13(16-17-14(18)20)10(3)19-12-6-5-11(15)8-9(12)2/h4-6,8,10,13H,1,7H2,2-3H3. The van der Waals surface area contributed by atoms with Crippen molar-refractivity contribution in [2.24, 2.45) is 10.2 Å². The van der Waals surface area contributed by atoms with Crippen LogP contribution in [0.4, 0.5) is 0 Å². The highest BCUT2D eigenvalue weighted by molar-refractivity contribution is 7.80. The SMILES string of the molecule is C=CCN1C(=S)N=NC1C(C)Oc1ccc(Cl)cc1C. The molecule has 0 radical (unpaired) electrons. The van der Waals surface area contributed by atoms with Crippen LogP contribution in [0.25, 0.3) is 0 Å². The van der Waals surface area contributed by atoms with Gasteiger partial charge in [0.25, 0.3) is 0 Å². The van der Waals surface area contributed by atoms with Crippen molar-refractivity contribution < 1.29 is 4.74 Å².